The van der Waals surface area contributed by atoms with E-state index in [4.69, 9.17) is 22.2 Å². The molecule has 2 aliphatic rings. The van der Waals surface area contributed by atoms with Crippen LogP contribution in [0.2, 0.25) is 5.02 Å². The van der Waals surface area contributed by atoms with E-state index in [0.29, 0.717) is 36.6 Å². The number of ether oxygens (including phenoxy) is 1. The van der Waals surface area contributed by atoms with Crippen LogP contribution in [0.25, 0.3) is 0 Å². The van der Waals surface area contributed by atoms with Crippen LogP contribution in [0.1, 0.15) is 37.8 Å². The number of nitrogens with two attached hydrogens (primary N) is 1. The third kappa shape index (κ3) is 6.69. The second-order valence-electron chi connectivity index (χ2n) is 10.3. The molecule has 4 rings (SSSR count). The Labute approximate surface area is 237 Å². The summed E-state index contributed by atoms with van der Waals surface area (Å²) < 4.78 is 5.83. The molecule has 40 heavy (non-hydrogen) atoms. The van der Waals surface area contributed by atoms with Gasteiger partial charge in [0.25, 0.3) is 5.91 Å². The Kier molecular flexibility index (Phi) is 9.23. The van der Waals surface area contributed by atoms with Crippen molar-refractivity contribution < 1.29 is 19.1 Å². The summed E-state index contributed by atoms with van der Waals surface area (Å²) in [6.45, 7) is 6.74. The summed E-state index contributed by atoms with van der Waals surface area (Å²) in [6.07, 6.45) is -0.0955. The second kappa shape index (κ2) is 12.6. The molecule has 12 nitrogen and oxygen atoms in total. The molecule has 13 heteroatoms. The van der Waals surface area contributed by atoms with Crippen molar-refractivity contribution in [1.82, 2.24) is 19.7 Å². The SMILES string of the molecule is Cc1cc(NC2N(N)C(=O)N(C3CCN(CC(=O)N=O)CC3)C(=O)N2Cc2ccc(Cl)cc2)ccc1OC(C)C. The van der Waals surface area contributed by atoms with Gasteiger partial charge in [-0.2, -0.15) is 0 Å². The number of anilines is 1. The van der Waals surface area contributed by atoms with Gasteiger partial charge in [-0.05, 0) is 75.1 Å². The van der Waals surface area contributed by atoms with Gasteiger partial charge in [0.1, 0.15) is 5.75 Å². The maximum atomic E-state index is 13.9. The lowest BCUT2D eigenvalue weighted by Crippen LogP contribution is -2.72. The highest BCUT2D eigenvalue weighted by Gasteiger charge is 2.46. The first-order chi connectivity index (χ1) is 19.1. The maximum Gasteiger partial charge on any atom is 0.345 e. The molecule has 2 fully saturated rings. The van der Waals surface area contributed by atoms with E-state index in [9.17, 15) is 19.3 Å². The number of benzene rings is 2. The summed E-state index contributed by atoms with van der Waals surface area (Å²) in [7, 11) is 0. The number of nitrogens with zero attached hydrogens (tertiary/aromatic N) is 5. The van der Waals surface area contributed by atoms with Gasteiger partial charge >= 0.3 is 12.1 Å². The smallest absolute Gasteiger partial charge is 0.345 e. The topological polar surface area (TPSA) is 141 Å². The van der Waals surface area contributed by atoms with E-state index in [1.54, 1.807) is 17.0 Å². The summed E-state index contributed by atoms with van der Waals surface area (Å²) in [4.78, 5) is 53.8. The third-order valence-corrected chi connectivity index (χ3v) is 7.17. The van der Waals surface area contributed by atoms with Gasteiger partial charge in [-0.3, -0.25) is 14.6 Å². The predicted octanol–water partition coefficient (Wildman–Crippen LogP) is 4.12. The van der Waals surface area contributed by atoms with Crippen molar-refractivity contribution in [3.63, 3.8) is 0 Å². The van der Waals surface area contributed by atoms with E-state index < -0.39 is 30.3 Å². The van der Waals surface area contributed by atoms with Crippen LogP contribution in [0.5, 0.6) is 5.75 Å². The quantitative estimate of drug-likeness (QED) is 0.260. The lowest BCUT2D eigenvalue weighted by Gasteiger charge is -2.48. The van der Waals surface area contributed by atoms with Crippen molar-refractivity contribution >= 4 is 35.3 Å². The first kappa shape index (κ1) is 29.2. The number of halogens is 1. The van der Waals surface area contributed by atoms with Crippen LogP contribution in [0, 0.1) is 11.8 Å². The molecule has 2 aliphatic heterocycles. The van der Waals surface area contributed by atoms with Crippen LogP contribution in [0.3, 0.4) is 0 Å². The number of hydrogen-bond donors (Lipinski definition) is 2. The first-order valence-corrected chi connectivity index (χ1v) is 13.5. The van der Waals surface area contributed by atoms with Crippen molar-refractivity contribution in [3.05, 3.63) is 63.5 Å². The summed E-state index contributed by atoms with van der Waals surface area (Å²) in [5, 5.41) is 7.28. The van der Waals surface area contributed by atoms with E-state index in [0.717, 1.165) is 21.9 Å². The molecule has 5 amide bonds. The van der Waals surface area contributed by atoms with Gasteiger partial charge in [0.05, 0.1) is 19.2 Å². The zero-order valence-electron chi connectivity index (χ0n) is 22.7. The van der Waals surface area contributed by atoms with Gasteiger partial charge in [-0.1, -0.05) is 23.7 Å². The molecule has 3 N–H and O–H groups in total. The number of urea groups is 2. The molecule has 2 heterocycles. The van der Waals surface area contributed by atoms with Gasteiger partial charge in [-0.15, -0.1) is 4.91 Å². The number of nitroso groups, excluding NO2 is 1. The van der Waals surface area contributed by atoms with Crippen LogP contribution < -0.4 is 15.9 Å². The average molecular weight is 572 g/mol. The molecule has 1 atom stereocenters. The Morgan fingerprint density at radius 2 is 1.80 bits per heavy atom. The standard InChI is InChI=1S/C27H34ClN7O5/c1-17(2)40-23-9-8-21(14-18(23)3)30-25-33(15-19-4-6-20(28)7-5-19)26(37)34(27(38)35(25)29)22-10-12-32(13-11-22)16-24(36)31-39/h4-9,14,17,22,25,30H,10-13,15-16,29H2,1-3H3. The van der Waals surface area contributed by atoms with Gasteiger partial charge in [0, 0.05) is 35.0 Å². The molecule has 0 bridgehead atoms. The van der Waals surface area contributed by atoms with Crippen molar-refractivity contribution in [3.8, 4) is 5.75 Å². The zero-order valence-corrected chi connectivity index (χ0v) is 23.5. The van der Waals surface area contributed by atoms with Crippen molar-refractivity contribution in [2.24, 2.45) is 11.0 Å². The number of carbonyl (C=O) groups is 3. The van der Waals surface area contributed by atoms with E-state index in [1.165, 1.54) is 9.80 Å². The highest BCUT2D eigenvalue weighted by molar-refractivity contribution is 6.30. The van der Waals surface area contributed by atoms with Gasteiger partial charge in [0.15, 0.2) is 0 Å². The lowest BCUT2D eigenvalue weighted by molar-refractivity contribution is -0.119. The van der Waals surface area contributed by atoms with E-state index in [-0.39, 0.29) is 19.2 Å². The average Bonchev–Trinajstić information content (AvgIpc) is 2.92. The number of piperidine rings is 1. The molecule has 0 spiro atoms. The summed E-state index contributed by atoms with van der Waals surface area (Å²) in [6, 6.07) is 11.1. The molecule has 0 saturated carbocycles. The number of nitrogens with one attached hydrogen (secondary N) is 1. The first-order valence-electron chi connectivity index (χ1n) is 13.1. The molecule has 0 radical (unpaired) electrons. The number of imide groups is 1. The van der Waals surface area contributed by atoms with Crippen LogP contribution in [-0.4, -0.2) is 75.7 Å². The predicted molar refractivity (Wildman–Crippen MR) is 150 cm³/mol. The van der Waals surface area contributed by atoms with Crippen LogP contribution in [0.4, 0.5) is 15.3 Å². The number of rotatable bonds is 9. The van der Waals surface area contributed by atoms with Gasteiger partial charge in [-0.25, -0.2) is 25.3 Å². The normalized spacial score (nSPS) is 18.9. The highest BCUT2D eigenvalue weighted by Crippen LogP contribution is 2.29. The Morgan fingerprint density at radius 1 is 1.12 bits per heavy atom. The molecular formula is C27H34ClN7O5. The minimum Gasteiger partial charge on any atom is -0.491 e. The van der Waals surface area contributed by atoms with Crippen molar-refractivity contribution in [2.45, 2.75) is 58.6 Å². The zero-order chi connectivity index (χ0) is 29.0. The van der Waals surface area contributed by atoms with Crippen molar-refractivity contribution in [2.75, 3.05) is 25.0 Å². The number of aryl methyl sites for hydroxylation is 1. The molecule has 2 aromatic carbocycles. The fourth-order valence-electron chi connectivity index (χ4n) is 4.93. The van der Waals surface area contributed by atoms with E-state index in [2.05, 4.69) is 10.5 Å². The van der Waals surface area contributed by atoms with Crippen LogP contribution in [-0.2, 0) is 11.3 Å². The number of hydrazine groups is 1. The molecular weight excluding hydrogens is 538 g/mol. The molecule has 2 aromatic rings. The van der Waals surface area contributed by atoms with Crippen molar-refractivity contribution in [1.29, 1.82) is 0 Å². The van der Waals surface area contributed by atoms with E-state index in [1.807, 2.05) is 51.1 Å². The Morgan fingerprint density at radius 3 is 2.40 bits per heavy atom. The minimum atomic E-state index is -0.973. The van der Waals surface area contributed by atoms with Gasteiger partial charge in [0.2, 0.25) is 6.29 Å². The fourth-order valence-corrected chi connectivity index (χ4v) is 5.06. The molecule has 1 unspecified atom stereocenters. The Bertz CT molecular complexity index is 1250. The van der Waals surface area contributed by atoms with Gasteiger partial charge < -0.3 is 10.1 Å². The Hall–Kier alpha value is -3.74. The van der Waals surface area contributed by atoms with E-state index >= 15 is 0 Å². The second-order valence-corrected chi connectivity index (χ2v) is 10.7. The Balaban J connectivity index is 1.58. The molecule has 0 aromatic heterocycles. The molecule has 0 aliphatic carbocycles. The van der Waals surface area contributed by atoms with Crippen LogP contribution >= 0.6 is 11.6 Å². The van der Waals surface area contributed by atoms with Crippen LogP contribution in [0.15, 0.2) is 47.6 Å². The highest BCUT2D eigenvalue weighted by atomic mass is 35.5. The largest absolute Gasteiger partial charge is 0.491 e. The maximum absolute atomic E-state index is 13.9. The summed E-state index contributed by atoms with van der Waals surface area (Å²) in [5.74, 6) is 6.37. The lowest BCUT2D eigenvalue weighted by atomic mass is 10.0. The third-order valence-electron chi connectivity index (χ3n) is 6.92. The number of hydrogen-bond acceptors (Lipinski definition) is 8. The molecule has 214 valence electrons. The minimum absolute atomic E-state index is 0.0144. The number of likely N-dealkylation sites (tertiary alicyclic amines) is 1. The monoisotopic (exact) mass is 571 g/mol. The summed E-state index contributed by atoms with van der Waals surface area (Å²) >= 11 is 6.07. The number of amides is 5. The molecule has 2 saturated heterocycles. The number of carbonyl (C=O) groups excluding carboxylic acids is 3. The fraction of sp³-hybridized carbons (Fsp3) is 0.444. The summed E-state index contributed by atoms with van der Waals surface area (Å²) in [5.41, 5.74) is 2.35.